The van der Waals surface area contributed by atoms with E-state index in [1.165, 1.54) is 24.3 Å². The van der Waals surface area contributed by atoms with Gasteiger partial charge in [0.2, 0.25) is 0 Å². The molecule has 0 aliphatic carbocycles. The maximum absolute atomic E-state index is 10.5. The van der Waals surface area contributed by atoms with Crippen LogP contribution in [0.1, 0.15) is 46.4 Å². The Morgan fingerprint density at radius 1 is 0.667 bits per heavy atom. The molecule has 0 fully saturated rings. The summed E-state index contributed by atoms with van der Waals surface area (Å²) in [6.07, 6.45) is 3.83. The van der Waals surface area contributed by atoms with Crippen LogP contribution >= 0.6 is 0 Å². The predicted molar refractivity (Wildman–Crippen MR) is 98.0 cm³/mol. The Bertz CT molecular complexity index is 448. The highest BCUT2D eigenvalue weighted by Crippen LogP contribution is 2.07. The molecule has 0 aliphatic rings. The minimum absolute atomic E-state index is 0.0278. The molecule has 9 heteroatoms. The van der Waals surface area contributed by atoms with Crippen molar-refractivity contribution in [1.82, 2.24) is 0 Å². The zero-order chi connectivity index (χ0) is 20.9. The van der Waals surface area contributed by atoms with Crippen LogP contribution in [0.5, 0.6) is 0 Å². The number of hydrogen-bond acceptors (Lipinski definition) is 7. The molecule has 0 aromatic heterocycles. The minimum Gasteiger partial charge on any atom is -0.478 e. The van der Waals surface area contributed by atoms with Gasteiger partial charge in [-0.05, 0) is 25.0 Å². The number of rotatable bonds is 11. The maximum atomic E-state index is 10.5. The number of ether oxygens (including phenoxy) is 1. The number of aliphatic hydroxyl groups is 4. The van der Waals surface area contributed by atoms with E-state index in [0.29, 0.717) is 13.2 Å². The van der Waals surface area contributed by atoms with Gasteiger partial charge in [-0.2, -0.15) is 0 Å². The fourth-order valence-electron chi connectivity index (χ4n) is 1.66. The van der Waals surface area contributed by atoms with E-state index in [0.717, 1.165) is 25.7 Å². The van der Waals surface area contributed by atoms with Gasteiger partial charge < -0.3 is 35.4 Å². The number of aromatic carboxylic acids is 2. The summed E-state index contributed by atoms with van der Waals surface area (Å²) in [5.74, 6) is -2.46. The first-order valence-electron chi connectivity index (χ1n) is 8.53. The largest absolute Gasteiger partial charge is 0.478 e. The highest BCUT2D eigenvalue weighted by atomic mass is 16.5. The Hall–Kier alpha value is -2.04. The lowest BCUT2D eigenvalue weighted by Gasteiger charge is -1.98. The molecule has 1 rings (SSSR count). The van der Waals surface area contributed by atoms with Crippen LogP contribution in [0, 0.1) is 0 Å². The van der Waals surface area contributed by atoms with Gasteiger partial charge in [0.15, 0.2) is 0 Å². The van der Waals surface area contributed by atoms with Crippen molar-refractivity contribution in [3.8, 4) is 0 Å². The summed E-state index contributed by atoms with van der Waals surface area (Å²) in [6.45, 7) is 1.26. The molecule has 0 saturated heterocycles. The Balaban J connectivity index is 0. The van der Waals surface area contributed by atoms with E-state index < -0.39 is 11.9 Å². The number of carbonyl (C=O) groups is 2. The molecule has 0 bridgehead atoms. The minimum atomic E-state index is -1.23. The van der Waals surface area contributed by atoms with Crippen LogP contribution < -0.4 is 0 Å². The van der Waals surface area contributed by atoms with Crippen molar-refractivity contribution < 1.29 is 45.0 Å². The molecule has 0 radical (unpaired) electrons. The first kappa shape index (κ1) is 27.2. The Morgan fingerprint density at radius 3 is 1.30 bits per heavy atom. The fourth-order valence-corrected chi connectivity index (χ4v) is 1.66. The average Bonchev–Trinajstić information content (AvgIpc) is 2.67. The van der Waals surface area contributed by atoms with Gasteiger partial charge in [0.05, 0.1) is 37.6 Å². The molecule has 1 aromatic carbocycles. The van der Waals surface area contributed by atoms with E-state index >= 15 is 0 Å². The summed E-state index contributed by atoms with van der Waals surface area (Å²) < 4.78 is 4.63. The molecule has 9 nitrogen and oxygen atoms in total. The summed E-state index contributed by atoms with van der Waals surface area (Å²) in [6, 6.07) is 5.48. The lowest BCUT2D eigenvalue weighted by Crippen LogP contribution is -2.06. The van der Waals surface area contributed by atoms with Gasteiger partial charge in [-0.3, -0.25) is 0 Å². The standard InChI is InChI=1S/C8H6O4.C6H14O2.C4H10O3/c9-7(10)5-3-1-2-4-6(5)8(11)12;7-5-3-1-2-4-6-8;5-1-3-7-4-2-6/h1-4H,(H,9,10)(H,11,12);7-8H,1-6H2;5-6H,1-4H2. The van der Waals surface area contributed by atoms with E-state index in [9.17, 15) is 9.59 Å². The van der Waals surface area contributed by atoms with Crippen LogP contribution in [0.2, 0.25) is 0 Å². The van der Waals surface area contributed by atoms with Crippen LogP contribution in [0.15, 0.2) is 24.3 Å². The van der Waals surface area contributed by atoms with Crippen molar-refractivity contribution in [3.05, 3.63) is 35.4 Å². The molecule has 156 valence electrons. The van der Waals surface area contributed by atoms with Gasteiger partial charge in [0, 0.05) is 13.2 Å². The molecule has 0 atom stereocenters. The van der Waals surface area contributed by atoms with Crippen LogP contribution in [0.4, 0.5) is 0 Å². The molecule has 0 unspecified atom stereocenters. The molecule has 0 amide bonds. The molecule has 27 heavy (non-hydrogen) atoms. The third-order valence-electron chi connectivity index (χ3n) is 2.93. The number of aliphatic hydroxyl groups excluding tert-OH is 4. The number of carboxylic acids is 2. The summed E-state index contributed by atoms with van der Waals surface area (Å²) in [7, 11) is 0. The third kappa shape index (κ3) is 17.1. The summed E-state index contributed by atoms with van der Waals surface area (Å²) >= 11 is 0. The first-order chi connectivity index (χ1) is 13.0. The summed E-state index contributed by atoms with van der Waals surface area (Å²) in [4.78, 5) is 20.9. The van der Waals surface area contributed by atoms with Gasteiger partial charge in [-0.1, -0.05) is 25.0 Å². The van der Waals surface area contributed by atoms with E-state index in [1.54, 1.807) is 0 Å². The van der Waals surface area contributed by atoms with E-state index in [-0.39, 0.29) is 37.6 Å². The quantitative estimate of drug-likeness (QED) is 0.297. The summed E-state index contributed by atoms with van der Waals surface area (Å²) in [5, 5.41) is 49.9. The second kappa shape index (κ2) is 20.3. The van der Waals surface area contributed by atoms with Gasteiger partial charge in [0.25, 0.3) is 0 Å². The van der Waals surface area contributed by atoms with E-state index in [2.05, 4.69) is 4.74 Å². The average molecular weight is 390 g/mol. The SMILES string of the molecule is O=C(O)c1ccccc1C(=O)O.OCCCCCCO.OCCOCCO. The molecule has 6 N–H and O–H groups in total. The molecule has 0 saturated carbocycles. The van der Waals surface area contributed by atoms with Gasteiger partial charge in [0.1, 0.15) is 0 Å². The zero-order valence-electron chi connectivity index (χ0n) is 15.3. The van der Waals surface area contributed by atoms with Crippen LogP contribution in [0.3, 0.4) is 0 Å². The van der Waals surface area contributed by atoms with Crippen molar-refractivity contribution in [1.29, 1.82) is 0 Å². The topological polar surface area (TPSA) is 165 Å². The van der Waals surface area contributed by atoms with Crippen molar-refractivity contribution in [2.24, 2.45) is 0 Å². The highest BCUT2D eigenvalue weighted by Gasteiger charge is 2.13. The highest BCUT2D eigenvalue weighted by molar-refractivity contribution is 6.01. The van der Waals surface area contributed by atoms with Crippen molar-refractivity contribution in [2.45, 2.75) is 25.7 Å². The van der Waals surface area contributed by atoms with Gasteiger partial charge in [-0.25, -0.2) is 9.59 Å². The Kier molecular flexibility index (Phi) is 20.4. The van der Waals surface area contributed by atoms with Crippen molar-refractivity contribution in [3.63, 3.8) is 0 Å². The monoisotopic (exact) mass is 390 g/mol. The molecule has 1 aromatic rings. The van der Waals surface area contributed by atoms with Crippen LogP contribution in [0.25, 0.3) is 0 Å². The zero-order valence-corrected chi connectivity index (χ0v) is 15.3. The first-order valence-corrected chi connectivity index (χ1v) is 8.53. The molecular weight excluding hydrogens is 360 g/mol. The van der Waals surface area contributed by atoms with E-state index in [4.69, 9.17) is 30.6 Å². The maximum Gasteiger partial charge on any atom is 0.336 e. The van der Waals surface area contributed by atoms with Gasteiger partial charge >= 0.3 is 11.9 Å². The van der Waals surface area contributed by atoms with Gasteiger partial charge in [-0.15, -0.1) is 0 Å². The third-order valence-corrected chi connectivity index (χ3v) is 2.93. The smallest absolute Gasteiger partial charge is 0.336 e. The lowest BCUT2D eigenvalue weighted by molar-refractivity contribution is 0.0650. The Morgan fingerprint density at radius 2 is 1.04 bits per heavy atom. The van der Waals surface area contributed by atoms with E-state index in [1.807, 2.05) is 0 Å². The lowest BCUT2D eigenvalue weighted by atomic mass is 10.1. The van der Waals surface area contributed by atoms with Crippen molar-refractivity contribution in [2.75, 3.05) is 39.6 Å². The van der Waals surface area contributed by atoms with Crippen LogP contribution in [-0.4, -0.2) is 82.2 Å². The molecule has 0 spiro atoms. The summed E-state index contributed by atoms with van der Waals surface area (Å²) in [5.41, 5.74) is -0.380. The fraction of sp³-hybridized carbons (Fsp3) is 0.556. The second-order valence-corrected chi connectivity index (χ2v) is 5.08. The molecule has 0 heterocycles. The number of unbranched alkanes of at least 4 members (excludes halogenated alkanes) is 3. The molecular formula is C18H30O9. The predicted octanol–water partition coefficient (Wildman–Crippen LogP) is 0.602. The second-order valence-electron chi connectivity index (χ2n) is 5.08. The normalized spacial score (nSPS) is 9.48. The number of benzene rings is 1. The molecule has 0 aliphatic heterocycles. The van der Waals surface area contributed by atoms with Crippen molar-refractivity contribution >= 4 is 11.9 Å². The number of carboxylic acid groups (broad SMARTS) is 2. The Labute approximate surface area is 158 Å². The number of hydrogen-bond donors (Lipinski definition) is 6. The van der Waals surface area contributed by atoms with Crippen LogP contribution in [-0.2, 0) is 4.74 Å².